The van der Waals surface area contributed by atoms with Crippen LogP contribution in [0.1, 0.15) is 235 Å². The van der Waals surface area contributed by atoms with E-state index in [2.05, 4.69) is 127 Å². The van der Waals surface area contributed by atoms with E-state index in [4.69, 9.17) is 0 Å². The van der Waals surface area contributed by atoms with Crippen LogP contribution in [0.4, 0.5) is 0 Å². The summed E-state index contributed by atoms with van der Waals surface area (Å²) in [6, 6.07) is 25.0. The SMILES string of the molecule is CCCCCCc1cc(CCCCCC)cc([Si](c2cc(CCCCCC)cc(CCCCCC)c2)(c2cc(CCCCCC)cc(CCCCCC)c2)C2[CH-]CC3C=CC=CC32)c1.[Cl-].[Cl-].[Cl-].[Ti+4]. The fourth-order valence-corrected chi connectivity index (χ4v) is 17.7. The predicted octanol–water partition coefficient (Wildman–Crippen LogP) is 8.24. The minimum atomic E-state index is -2.75. The number of allylic oxidation sites excluding steroid dienone is 4. The van der Waals surface area contributed by atoms with E-state index < -0.39 is 8.07 Å². The van der Waals surface area contributed by atoms with Crippen LogP contribution in [-0.2, 0) is 60.2 Å². The van der Waals surface area contributed by atoms with Crippen LogP contribution in [0, 0.1) is 18.3 Å². The van der Waals surface area contributed by atoms with E-state index in [1.807, 2.05) is 0 Å². The van der Waals surface area contributed by atoms with Gasteiger partial charge in [0.05, 0.1) is 0 Å². The first-order chi connectivity index (χ1) is 31.5. The second-order valence-corrected chi connectivity index (χ2v) is 24.8. The second kappa shape index (κ2) is 37.7. The first-order valence-electron chi connectivity index (χ1n) is 28.1. The average molecular weight is 1040 g/mol. The van der Waals surface area contributed by atoms with Crippen LogP contribution in [0.15, 0.2) is 78.9 Å². The number of hydrogen-bond acceptors (Lipinski definition) is 0. The van der Waals surface area contributed by atoms with Crippen LogP contribution in [0.25, 0.3) is 0 Å². The maximum Gasteiger partial charge on any atom is 4.00 e. The predicted molar refractivity (Wildman–Crippen MR) is 289 cm³/mol. The van der Waals surface area contributed by atoms with Crippen molar-refractivity contribution in [3.8, 4) is 0 Å². The molecule has 0 aromatic heterocycles. The molecule has 3 aromatic rings. The Kier molecular flexibility index (Phi) is 36.0. The molecule has 3 aromatic carbocycles. The number of rotatable bonds is 34. The van der Waals surface area contributed by atoms with E-state index in [0.717, 1.165) is 0 Å². The second-order valence-electron chi connectivity index (χ2n) is 20.8. The summed E-state index contributed by atoms with van der Waals surface area (Å²) in [7, 11) is -2.75. The topological polar surface area (TPSA) is 0 Å². The molecular weight excluding hydrogens is 939 g/mol. The van der Waals surface area contributed by atoms with Crippen molar-refractivity contribution >= 4 is 23.6 Å². The van der Waals surface area contributed by atoms with Gasteiger partial charge in [-0.2, -0.15) is 12.0 Å². The molecular formula is C63H97Cl3SiTi. The van der Waals surface area contributed by atoms with Crippen LogP contribution in [0.2, 0.25) is 5.54 Å². The van der Waals surface area contributed by atoms with Gasteiger partial charge in [0.25, 0.3) is 0 Å². The van der Waals surface area contributed by atoms with E-state index in [9.17, 15) is 0 Å². The molecule has 0 saturated heterocycles. The Hall–Kier alpha value is -1.06. The molecule has 2 aliphatic carbocycles. The monoisotopic (exact) mass is 1030 g/mol. The van der Waals surface area contributed by atoms with Crippen molar-refractivity contribution in [2.24, 2.45) is 11.8 Å². The van der Waals surface area contributed by atoms with Gasteiger partial charge < -0.3 is 43.6 Å². The molecule has 0 nitrogen and oxygen atoms in total. The first-order valence-corrected chi connectivity index (χ1v) is 30.2. The average Bonchev–Trinajstić information content (AvgIpc) is 3.74. The van der Waals surface area contributed by atoms with E-state index in [1.165, 1.54) is 199 Å². The molecule has 0 N–H and O–H groups in total. The third-order valence-corrected chi connectivity index (χ3v) is 20.5. The Balaban J connectivity index is 0.00000578. The van der Waals surface area contributed by atoms with E-state index in [1.54, 1.807) is 48.9 Å². The Labute approximate surface area is 455 Å². The van der Waals surface area contributed by atoms with Crippen molar-refractivity contribution in [1.29, 1.82) is 0 Å². The van der Waals surface area contributed by atoms with Gasteiger partial charge in [-0.15, -0.1) is 0 Å². The first kappa shape index (κ1) is 65.0. The Morgan fingerprint density at radius 2 is 0.632 bits per heavy atom. The van der Waals surface area contributed by atoms with Gasteiger partial charge in [0, 0.05) is 0 Å². The van der Waals surface area contributed by atoms with Gasteiger partial charge in [-0.3, -0.25) is 0 Å². The number of fused-ring (bicyclic) bond motifs is 1. The molecule has 0 radical (unpaired) electrons. The molecule has 3 unspecified atom stereocenters. The zero-order chi connectivity index (χ0) is 45.2. The van der Waals surface area contributed by atoms with Crippen molar-refractivity contribution in [2.75, 3.05) is 0 Å². The molecule has 0 spiro atoms. The minimum absolute atomic E-state index is 0. The van der Waals surface area contributed by atoms with Crippen LogP contribution < -0.4 is 52.8 Å². The normalized spacial score (nSPS) is 16.1. The summed E-state index contributed by atoms with van der Waals surface area (Å²) in [5, 5.41) is 5.20. The Bertz CT molecular complexity index is 1550. The quantitative estimate of drug-likeness (QED) is 0.0245. The maximum absolute atomic E-state index is 2.90. The summed E-state index contributed by atoms with van der Waals surface area (Å²) in [6.45, 7) is 14.2. The largest absolute Gasteiger partial charge is 4.00 e. The molecule has 68 heavy (non-hydrogen) atoms. The summed E-state index contributed by atoms with van der Waals surface area (Å²) < 4.78 is 0. The van der Waals surface area contributed by atoms with E-state index in [-0.39, 0.29) is 58.9 Å². The Morgan fingerprint density at radius 3 is 0.897 bits per heavy atom. The molecule has 1 fully saturated rings. The third-order valence-electron chi connectivity index (χ3n) is 15.3. The molecule has 3 atom stereocenters. The standard InChI is InChI=1S/C63H97Si.3ClH.Ti/c1-7-13-19-25-33-52-43-53(34-26-20-14-8-2)47-59(46-52)64(63-42-41-58-39-31-32-40-62(58)63,60-48-54(35-27-21-15-9-3)44-55(49-60)36-28-22-16-10-4)61-50-56(37-29-23-17-11-5)45-57(51-61)38-30-24-18-12-6;;;;/h31-32,39-40,42-51,58,62-63H,7-30,33-38,41H2,1-6H3;3*1H;/q-1;;;;+4/p-3. The van der Waals surface area contributed by atoms with E-state index >= 15 is 0 Å². The van der Waals surface area contributed by atoms with Gasteiger partial charge >= 0.3 is 21.7 Å². The van der Waals surface area contributed by atoms with Crippen molar-refractivity contribution < 1.29 is 58.9 Å². The van der Waals surface area contributed by atoms with Gasteiger partial charge in [-0.25, -0.2) is 0 Å². The van der Waals surface area contributed by atoms with Gasteiger partial charge in [0.15, 0.2) is 0 Å². The van der Waals surface area contributed by atoms with Gasteiger partial charge in [0.1, 0.15) is 8.07 Å². The maximum atomic E-state index is 2.90. The Morgan fingerprint density at radius 1 is 0.368 bits per heavy atom. The fraction of sp³-hybridized carbons (Fsp3) is 0.635. The molecule has 0 heterocycles. The molecule has 0 bridgehead atoms. The molecule has 0 amide bonds. The summed E-state index contributed by atoms with van der Waals surface area (Å²) >= 11 is 0. The molecule has 378 valence electrons. The zero-order valence-electron chi connectivity index (χ0n) is 44.4. The van der Waals surface area contributed by atoms with Crippen molar-refractivity contribution in [1.82, 2.24) is 0 Å². The van der Waals surface area contributed by atoms with Crippen molar-refractivity contribution in [3.05, 3.63) is 119 Å². The van der Waals surface area contributed by atoms with Gasteiger partial charge in [0.2, 0.25) is 0 Å². The number of unbranched alkanes of at least 4 members (excludes halogenated alkanes) is 18. The number of benzene rings is 3. The summed E-state index contributed by atoms with van der Waals surface area (Å²) in [5.74, 6) is 1.14. The van der Waals surface area contributed by atoms with Crippen molar-refractivity contribution in [3.63, 3.8) is 0 Å². The minimum Gasteiger partial charge on any atom is -1.00 e. The van der Waals surface area contributed by atoms with Crippen LogP contribution in [-0.4, -0.2) is 8.07 Å². The molecule has 0 aliphatic heterocycles. The van der Waals surface area contributed by atoms with Crippen molar-refractivity contribution in [2.45, 2.75) is 246 Å². The summed E-state index contributed by atoms with van der Waals surface area (Å²) in [5.41, 5.74) is 10.2. The third kappa shape index (κ3) is 20.1. The van der Waals surface area contributed by atoms with Gasteiger partial charge in [-0.05, 0) is 122 Å². The smallest absolute Gasteiger partial charge is 1.00 e. The molecule has 5 heteroatoms. The summed E-state index contributed by atoms with van der Waals surface area (Å²) in [4.78, 5) is 0. The van der Waals surface area contributed by atoms with Crippen LogP contribution in [0.5, 0.6) is 0 Å². The van der Waals surface area contributed by atoms with Crippen LogP contribution >= 0.6 is 0 Å². The molecule has 2 aliphatic rings. The number of hydrogen-bond donors (Lipinski definition) is 0. The van der Waals surface area contributed by atoms with Gasteiger partial charge in [-0.1, -0.05) is 252 Å². The molecule has 1 saturated carbocycles. The number of aryl methyl sites for hydroxylation is 6. The molecule has 5 rings (SSSR count). The van der Waals surface area contributed by atoms with E-state index in [0.29, 0.717) is 17.4 Å². The number of halogens is 3. The summed E-state index contributed by atoms with van der Waals surface area (Å²) in [6.07, 6.45) is 53.2. The zero-order valence-corrected chi connectivity index (χ0v) is 49.2. The van der Waals surface area contributed by atoms with Crippen LogP contribution in [0.3, 0.4) is 0 Å². The fourth-order valence-electron chi connectivity index (χ4n) is 11.7.